The molecule has 0 aliphatic carbocycles. The van der Waals surface area contributed by atoms with Gasteiger partial charge in [-0.3, -0.25) is 14.9 Å². The molecule has 3 rings (SSSR count). The number of hydrazine groups is 1. The Balaban J connectivity index is 2.06. The van der Waals surface area contributed by atoms with E-state index in [9.17, 15) is 14.9 Å². The summed E-state index contributed by atoms with van der Waals surface area (Å²) in [6.07, 6.45) is 4.48. The van der Waals surface area contributed by atoms with Crippen molar-refractivity contribution < 1.29 is 14.8 Å². The van der Waals surface area contributed by atoms with Crippen LogP contribution in [-0.4, -0.2) is 33.1 Å². The first-order valence-corrected chi connectivity index (χ1v) is 11.4. The van der Waals surface area contributed by atoms with Crippen molar-refractivity contribution >= 4 is 46.9 Å². The Morgan fingerprint density at radius 3 is 2.64 bits per heavy atom. The summed E-state index contributed by atoms with van der Waals surface area (Å²) in [5.41, 5.74) is 9.81. The van der Waals surface area contributed by atoms with Crippen LogP contribution in [-0.2, 0) is 11.2 Å². The van der Waals surface area contributed by atoms with Gasteiger partial charge in [-0.2, -0.15) is 0 Å². The second-order valence-corrected chi connectivity index (χ2v) is 8.97. The minimum atomic E-state index is -0.952. The number of nitrogens with zero attached hydrogens (tertiary/aromatic N) is 2. The van der Waals surface area contributed by atoms with Gasteiger partial charge in [0.1, 0.15) is 5.84 Å². The first-order valence-electron chi connectivity index (χ1n) is 10.0. The summed E-state index contributed by atoms with van der Waals surface area (Å²) in [6, 6.07) is 8.44. The number of rotatable bonds is 9. The summed E-state index contributed by atoms with van der Waals surface area (Å²) < 4.78 is 0. The number of benzene rings is 2. The lowest BCUT2D eigenvalue weighted by molar-refractivity contribution is -0.384. The van der Waals surface area contributed by atoms with Crippen LogP contribution in [0.25, 0.3) is 17.2 Å². The highest BCUT2D eigenvalue weighted by molar-refractivity contribution is 8.00. The van der Waals surface area contributed by atoms with Gasteiger partial charge in [-0.1, -0.05) is 35.9 Å². The second-order valence-electron chi connectivity index (χ2n) is 7.49. The number of nitrogens with one attached hydrogen (secondary N) is 2. The molecule has 1 atom stereocenters. The number of aliphatic imine (C=N–C) groups is 1. The number of hydrogen-bond donors (Lipinski definition) is 3. The minimum absolute atomic E-state index is 0.0941. The van der Waals surface area contributed by atoms with Crippen LogP contribution >= 0.6 is 23.4 Å². The fourth-order valence-electron chi connectivity index (χ4n) is 3.35. The predicted molar refractivity (Wildman–Crippen MR) is 133 cm³/mol. The van der Waals surface area contributed by atoms with E-state index in [1.165, 1.54) is 12.1 Å². The molecule has 1 aliphatic rings. The summed E-state index contributed by atoms with van der Waals surface area (Å²) >= 11 is 7.70. The lowest BCUT2D eigenvalue weighted by Gasteiger charge is -2.13. The Bertz CT molecular complexity index is 1180. The molecule has 0 amide bonds. The number of halogens is 1. The minimum Gasteiger partial charge on any atom is -0.481 e. The third-order valence-corrected chi connectivity index (χ3v) is 6.01. The summed E-state index contributed by atoms with van der Waals surface area (Å²) in [5.74, 6) is -0.687. The Hall–Kier alpha value is -3.14. The molecule has 2 aromatic rings. The number of carbonyl (C=O) groups is 1. The second kappa shape index (κ2) is 10.7. The van der Waals surface area contributed by atoms with Crippen LogP contribution < -0.4 is 10.9 Å². The number of carboxylic acid groups (broad SMARTS) is 1. The number of aliphatic carboxylic acids is 1. The van der Waals surface area contributed by atoms with Crippen molar-refractivity contribution in [2.24, 2.45) is 4.99 Å². The van der Waals surface area contributed by atoms with E-state index in [1.807, 2.05) is 32.1 Å². The third-order valence-electron chi connectivity index (χ3n) is 4.72. The lowest BCUT2D eigenvalue weighted by Crippen LogP contribution is -2.34. The van der Waals surface area contributed by atoms with E-state index in [-0.39, 0.29) is 11.4 Å². The smallest absolute Gasteiger partial charge is 0.313 e. The number of thioether (sulfide) groups is 1. The molecule has 3 N–H and O–H groups in total. The molecular weight excluding hydrogens is 464 g/mol. The molecule has 10 heteroatoms. The van der Waals surface area contributed by atoms with Gasteiger partial charge in [-0.05, 0) is 60.7 Å². The van der Waals surface area contributed by atoms with Gasteiger partial charge in [-0.15, -0.1) is 11.8 Å². The number of allylic oxidation sites excluding steroid dienone is 2. The molecule has 8 nitrogen and oxygen atoms in total. The molecule has 1 unspecified atom stereocenters. The Morgan fingerprint density at radius 2 is 2.00 bits per heavy atom. The van der Waals surface area contributed by atoms with Gasteiger partial charge in [0.15, 0.2) is 5.50 Å². The van der Waals surface area contributed by atoms with E-state index in [4.69, 9.17) is 16.7 Å². The topological polar surface area (TPSA) is 117 Å². The average Bonchev–Trinajstić information content (AvgIpc) is 3.23. The highest BCUT2D eigenvalue weighted by atomic mass is 35.5. The molecule has 33 heavy (non-hydrogen) atoms. The Morgan fingerprint density at radius 1 is 1.30 bits per heavy atom. The van der Waals surface area contributed by atoms with Gasteiger partial charge in [0.2, 0.25) is 0 Å². The van der Waals surface area contributed by atoms with Gasteiger partial charge < -0.3 is 10.5 Å². The van der Waals surface area contributed by atoms with Gasteiger partial charge in [-0.25, -0.2) is 10.4 Å². The fourth-order valence-corrected chi connectivity index (χ4v) is 4.26. The predicted octanol–water partition coefficient (Wildman–Crippen LogP) is 5.02. The molecule has 0 spiro atoms. The molecule has 0 saturated carbocycles. The molecule has 1 heterocycles. The number of non-ortho nitro benzene ring substituents is 1. The summed E-state index contributed by atoms with van der Waals surface area (Å²) in [7, 11) is 0. The zero-order valence-electron chi connectivity index (χ0n) is 18.1. The number of amidine groups is 1. The molecule has 0 aromatic heterocycles. The van der Waals surface area contributed by atoms with Crippen LogP contribution in [0.15, 0.2) is 53.6 Å². The molecule has 0 saturated heterocycles. The van der Waals surface area contributed by atoms with Crippen molar-refractivity contribution in [1.29, 1.82) is 0 Å². The zero-order valence-corrected chi connectivity index (χ0v) is 19.7. The summed E-state index contributed by atoms with van der Waals surface area (Å²) in [5, 5.41) is 21.0. The summed E-state index contributed by atoms with van der Waals surface area (Å²) in [6.45, 7) is 7.81. The molecule has 172 valence electrons. The van der Waals surface area contributed by atoms with Crippen LogP contribution in [0.1, 0.15) is 30.5 Å². The molecule has 0 fully saturated rings. The van der Waals surface area contributed by atoms with E-state index in [0.29, 0.717) is 28.4 Å². The average molecular weight is 487 g/mol. The van der Waals surface area contributed by atoms with Crippen molar-refractivity contribution in [1.82, 2.24) is 10.9 Å². The van der Waals surface area contributed by atoms with Gasteiger partial charge in [0.05, 0.1) is 10.7 Å². The maximum atomic E-state index is 11.6. The monoisotopic (exact) mass is 486 g/mol. The van der Waals surface area contributed by atoms with Crippen LogP contribution in [0.4, 0.5) is 5.69 Å². The number of nitro benzene ring substituents is 1. The van der Waals surface area contributed by atoms with Crippen LogP contribution in [0.3, 0.4) is 0 Å². The third kappa shape index (κ3) is 6.22. The van der Waals surface area contributed by atoms with E-state index < -0.39 is 16.4 Å². The number of nitro groups is 1. The standard InChI is InChI=1S/C23H23ClN4O4S/c1-4-5-14-7-16(11-20(24)19(14)6-13(2)3)15-8-17(10-18(9-15)28(31)32)22-25-23(27-26-22)33-12-21(29)30/h4-5,7-11,23,27H,2,6,12H2,1,3H3,(H,25,26)(H,29,30). The van der Waals surface area contributed by atoms with Crippen molar-refractivity contribution in [3.05, 3.63) is 80.4 Å². The number of carboxylic acids is 1. The van der Waals surface area contributed by atoms with Crippen LogP contribution in [0, 0.1) is 10.1 Å². The van der Waals surface area contributed by atoms with E-state index in [0.717, 1.165) is 34.0 Å². The number of hydrogen-bond acceptors (Lipinski definition) is 7. The maximum Gasteiger partial charge on any atom is 0.313 e. The van der Waals surface area contributed by atoms with Gasteiger partial charge in [0, 0.05) is 22.7 Å². The Kier molecular flexibility index (Phi) is 7.91. The normalized spacial score (nSPS) is 15.4. The quantitative estimate of drug-likeness (QED) is 0.258. The maximum absolute atomic E-state index is 11.6. The van der Waals surface area contributed by atoms with Crippen LogP contribution in [0.2, 0.25) is 5.02 Å². The lowest BCUT2D eigenvalue weighted by atomic mass is 9.94. The first-order chi connectivity index (χ1) is 15.7. The largest absolute Gasteiger partial charge is 0.481 e. The van der Waals surface area contributed by atoms with Crippen molar-refractivity contribution in [2.45, 2.75) is 25.8 Å². The van der Waals surface area contributed by atoms with E-state index in [1.54, 1.807) is 12.1 Å². The van der Waals surface area contributed by atoms with Gasteiger partial charge in [0.25, 0.3) is 5.69 Å². The highest BCUT2D eigenvalue weighted by Gasteiger charge is 2.22. The molecule has 0 radical (unpaired) electrons. The summed E-state index contributed by atoms with van der Waals surface area (Å²) in [4.78, 5) is 26.4. The van der Waals surface area contributed by atoms with E-state index in [2.05, 4.69) is 22.4 Å². The van der Waals surface area contributed by atoms with Gasteiger partial charge >= 0.3 is 5.97 Å². The van der Waals surface area contributed by atoms with Crippen molar-refractivity contribution in [3.63, 3.8) is 0 Å². The van der Waals surface area contributed by atoms with E-state index >= 15 is 0 Å². The molecule has 0 bridgehead atoms. The van der Waals surface area contributed by atoms with Crippen LogP contribution in [0.5, 0.6) is 0 Å². The first kappa shape index (κ1) is 24.5. The van der Waals surface area contributed by atoms with Crippen molar-refractivity contribution in [2.75, 3.05) is 5.75 Å². The highest BCUT2D eigenvalue weighted by Crippen LogP contribution is 2.33. The zero-order chi connectivity index (χ0) is 24.1. The molecule has 1 aliphatic heterocycles. The van der Waals surface area contributed by atoms with Crippen molar-refractivity contribution in [3.8, 4) is 11.1 Å². The molecule has 2 aromatic carbocycles. The molecular formula is C23H23ClN4O4S. The Labute approximate surface area is 200 Å². The fraction of sp³-hybridized carbons (Fsp3) is 0.217. The SMILES string of the molecule is C=C(C)Cc1c(Cl)cc(-c2cc(C3=NC(SCC(=O)O)NN3)cc([N+](=O)[O-])c2)cc1C=CC.